The maximum absolute atomic E-state index is 12.7. The van der Waals surface area contributed by atoms with Gasteiger partial charge in [-0.2, -0.15) is 0 Å². The van der Waals surface area contributed by atoms with Crippen molar-refractivity contribution < 1.29 is 14.3 Å². The Morgan fingerprint density at radius 3 is 2.38 bits per heavy atom. The van der Waals surface area contributed by atoms with Crippen LogP contribution in [0.4, 0.5) is 14.9 Å². The van der Waals surface area contributed by atoms with Gasteiger partial charge in [-0.05, 0) is 18.6 Å². The van der Waals surface area contributed by atoms with Crippen LogP contribution < -0.4 is 10.6 Å². The molecule has 0 bridgehead atoms. The predicted octanol–water partition coefficient (Wildman–Crippen LogP) is 4.55. The molecule has 3 rings (SSSR count). The molecule has 0 saturated carbocycles. The summed E-state index contributed by atoms with van der Waals surface area (Å²) in [6.45, 7) is 1.88. The minimum Gasteiger partial charge on any atom is -0.453 e. The minimum absolute atomic E-state index is 0.228. The van der Waals surface area contributed by atoms with Crippen LogP contribution in [0.25, 0.3) is 11.3 Å². The number of nitrogens with zero attached hydrogens (tertiary/aromatic N) is 1. The highest BCUT2D eigenvalue weighted by Gasteiger charge is 2.18. The van der Waals surface area contributed by atoms with Crippen LogP contribution in [0.5, 0.6) is 0 Å². The average Bonchev–Trinajstić information content (AvgIpc) is 3.04. The number of anilines is 2. The van der Waals surface area contributed by atoms with Crippen molar-refractivity contribution in [2.24, 2.45) is 0 Å². The van der Waals surface area contributed by atoms with E-state index in [0.29, 0.717) is 21.4 Å². The first kappa shape index (κ1) is 17.6. The molecular weight excluding hydrogens is 350 g/mol. The van der Waals surface area contributed by atoms with Crippen molar-refractivity contribution in [3.05, 3.63) is 65.7 Å². The lowest BCUT2D eigenvalue weighted by molar-refractivity contribution is 0.102. The van der Waals surface area contributed by atoms with Crippen LogP contribution in [0.2, 0.25) is 0 Å². The molecular formula is C19H17N3O3S. The van der Waals surface area contributed by atoms with Crippen molar-refractivity contribution in [3.63, 3.8) is 0 Å². The van der Waals surface area contributed by atoms with Crippen molar-refractivity contribution in [2.75, 3.05) is 17.7 Å². The number of hydrogen-bond acceptors (Lipinski definition) is 5. The lowest BCUT2D eigenvalue weighted by atomic mass is 10.1. The van der Waals surface area contributed by atoms with E-state index in [1.165, 1.54) is 18.4 Å². The summed E-state index contributed by atoms with van der Waals surface area (Å²) in [5.74, 6) is -0.228. The summed E-state index contributed by atoms with van der Waals surface area (Å²) in [6.07, 6.45) is -0.616. The molecule has 6 nitrogen and oxygen atoms in total. The molecule has 0 fully saturated rings. The zero-order chi connectivity index (χ0) is 18.5. The Morgan fingerprint density at radius 1 is 1.00 bits per heavy atom. The summed E-state index contributed by atoms with van der Waals surface area (Å²) < 4.78 is 4.60. The Bertz CT molecular complexity index is 938. The molecule has 0 radical (unpaired) electrons. The molecule has 0 aliphatic carbocycles. The average molecular weight is 367 g/mol. The first-order chi connectivity index (χ1) is 12.6. The maximum atomic E-state index is 12.7. The summed E-state index contributed by atoms with van der Waals surface area (Å²) in [4.78, 5) is 28.6. The topological polar surface area (TPSA) is 80.3 Å². The number of thiazole rings is 1. The van der Waals surface area contributed by atoms with Gasteiger partial charge >= 0.3 is 6.09 Å². The predicted molar refractivity (Wildman–Crippen MR) is 103 cm³/mol. The molecule has 26 heavy (non-hydrogen) atoms. The van der Waals surface area contributed by atoms with Crippen LogP contribution in [0.1, 0.15) is 15.9 Å². The van der Waals surface area contributed by atoms with Gasteiger partial charge in [-0.15, -0.1) is 0 Å². The Labute approximate surface area is 154 Å². The number of aromatic nitrogens is 1. The first-order valence-electron chi connectivity index (χ1n) is 7.86. The minimum atomic E-state index is -0.616. The Hall–Kier alpha value is -3.19. The number of methoxy groups -OCH3 is 1. The largest absolute Gasteiger partial charge is 0.453 e. The highest BCUT2D eigenvalue weighted by atomic mass is 32.1. The number of aryl methyl sites for hydroxylation is 1. The number of nitrogens with one attached hydrogen (secondary N) is 2. The summed E-state index contributed by atoms with van der Waals surface area (Å²) in [6, 6.07) is 16.8. The van der Waals surface area contributed by atoms with Gasteiger partial charge in [0.05, 0.1) is 7.11 Å². The fourth-order valence-electron chi connectivity index (χ4n) is 2.39. The number of ether oxygens (including phenoxy) is 1. The second-order valence-corrected chi connectivity index (χ2v) is 6.45. The van der Waals surface area contributed by atoms with Gasteiger partial charge in [-0.3, -0.25) is 10.1 Å². The van der Waals surface area contributed by atoms with Gasteiger partial charge in [-0.25, -0.2) is 9.78 Å². The number of hydrogen-bond donors (Lipinski definition) is 2. The fourth-order valence-corrected chi connectivity index (χ4v) is 3.25. The Morgan fingerprint density at radius 2 is 1.69 bits per heavy atom. The van der Waals surface area contributed by atoms with E-state index >= 15 is 0 Å². The van der Waals surface area contributed by atoms with Gasteiger partial charge in [0.2, 0.25) is 0 Å². The van der Waals surface area contributed by atoms with Crippen molar-refractivity contribution in [1.82, 2.24) is 4.98 Å². The third kappa shape index (κ3) is 3.89. The van der Waals surface area contributed by atoms with E-state index in [1.54, 1.807) is 6.07 Å². The monoisotopic (exact) mass is 367 g/mol. The second kappa shape index (κ2) is 7.79. The van der Waals surface area contributed by atoms with E-state index in [2.05, 4.69) is 20.4 Å². The highest BCUT2D eigenvalue weighted by molar-refractivity contribution is 7.20. The molecule has 0 spiro atoms. The van der Waals surface area contributed by atoms with Gasteiger partial charge in [0.15, 0.2) is 5.13 Å². The van der Waals surface area contributed by atoms with E-state index in [9.17, 15) is 9.59 Å². The quantitative estimate of drug-likeness (QED) is 0.709. The summed E-state index contributed by atoms with van der Waals surface area (Å²) in [5.41, 5.74) is 2.89. The number of carbonyl (C=O) groups is 2. The summed E-state index contributed by atoms with van der Waals surface area (Å²) in [7, 11) is 1.28. The third-order valence-electron chi connectivity index (χ3n) is 3.69. The molecule has 1 heterocycles. The molecule has 2 aromatic carbocycles. The summed E-state index contributed by atoms with van der Waals surface area (Å²) >= 11 is 1.17. The number of amides is 2. The molecule has 3 aromatic rings. The molecule has 1 aromatic heterocycles. The Kier molecular flexibility index (Phi) is 5.28. The van der Waals surface area contributed by atoms with Crippen LogP contribution in [0, 0.1) is 6.92 Å². The molecule has 0 aliphatic rings. The van der Waals surface area contributed by atoms with E-state index in [1.807, 2.05) is 55.5 Å². The molecule has 0 aliphatic heterocycles. The van der Waals surface area contributed by atoms with Crippen LogP contribution in [-0.2, 0) is 4.74 Å². The van der Waals surface area contributed by atoms with E-state index in [-0.39, 0.29) is 5.91 Å². The molecule has 0 atom stereocenters. The number of rotatable bonds is 4. The van der Waals surface area contributed by atoms with Crippen molar-refractivity contribution in [1.29, 1.82) is 0 Å². The molecule has 7 heteroatoms. The van der Waals surface area contributed by atoms with E-state index in [0.717, 1.165) is 11.1 Å². The smallest absolute Gasteiger partial charge is 0.413 e. The molecule has 2 N–H and O–H groups in total. The lowest BCUT2D eigenvalue weighted by Gasteiger charge is -2.07. The standard InChI is InChI=1S/C19H17N3O3S/c1-12-8-6-7-11-14(12)16(23)21-17-15(13-9-4-3-5-10-13)20-18(26-17)22-19(24)25-2/h3-11H,1-2H3,(H,21,23)(H,20,22,24). The van der Waals surface area contributed by atoms with Crippen molar-refractivity contribution >= 4 is 33.5 Å². The second-order valence-electron chi connectivity index (χ2n) is 5.45. The number of benzene rings is 2. The van der Waals surface area contributed by atoms with Gasteiger partial charge in [0.1, 0.15) is 10.7 Å². The van der Waals surface area contributed by atoms with Gasteiger partial charge in [0.25, 0.3) is 5.91 Å². The highest BCUT2D eigenvalue weighted by Crippen LogP contribution is 2.36. The zero-order valence-electron chi connectivity index (χ0n) is 14.3. The van der Waals surface area contributed by atoms with Crippen LogP contribution in [0.3, 0.4) is 0 Å². The Balaban J connectivity index is 1.95. The van der Waals surface area contributed by atoms with Gasteiger partial charge in [0, 0.05) is 11.1 Å². The maximum Gasteiger partial charge on any atom is 0.413 e. The molecule has 132 valence electrons. The van der Waals surface area contributed by atoms with Gasteiger partial charge in [-0.1, -0.05) is 59.9 Å². The first-order valence-corrected chi connectivity index (χ1v) is 8.68. The fraction of sp³-hybridized carbons (Fsp3) is 0.105. The van der Waals surface area contributed by atoms with Crippen molar-refractivity contribution in [2.45, 2.75) is 6.92 Å². The van der Waals surface area contributed by atoms with Crippen LogP contribution in [0.15, 0.2) is 54.6 Å². The lowest BCUT2D eigenvalue weighted by Crippen LogP contribution is -2.12. The molecule has 0 saturated heterocycles. The summed E-state index contributed by atoms with van der Waals surface area (Å²) in [5, 5.41) is 6.34. The van der Waals surface area contributed by atoms with Gasteiger partial charge < -0.3 is 10.1 Å². The SMILES string of the molecule is COC(=O)Nc1nc(-c2ccccc2)c(NC(=O)c2ccccc2C)s1. The van der Waals surface area contributed by atoms with E-state index < -0.39 is 6.09 Å². The normalized spacial score (nSPS) is 10.2. The van der Waals surface area contributed by atoms with Crippen molar-refractivity contribution in [3.8, 4) is 11.3 Å². The van der Waals surface area contributed by atoms with Crippen LogP contribution in [-0.4, -0.2) is 24.1 Å². The van der Waals surface area contributed by atoms with Crippen LogP contribution >= 0.6 is 11.3 Å². The van der Waals surface area contributed by atoms with E-state index in [4.69, 9.17) is 0 Å². The third-order valence-corrected chi connectivity index (χ3v) is 4.57. The molecule has 0 unspecified atom stereocenters. The number of carbonyl (C=O) groups excluding carboxylic acids is 2. The zero-order valence-corrected chi connectivity index (χ0v) is 15.1. The molecule has 2 amide bonds.